The lowest BCUT2D eigenvalue weighted by Crippen LogP contribution is -2.28. The Bertz CT molecular complexity index is 213. The van der Waals surface area contributed by atoms with Gasteiger partial charge in [-0.3, -0.25) is 9.79 Å². The molecule has 4 nitrogen and oxygen atoms in total. The summed E-state index contributed by atoms with van der Waals surface area (Å²) in [7, 11) is 0. The smallest absolute Gasteiger partial charge is 0.220 e. The van der Waals surface area contributed by atoms with E-state index in [0.29, 0.717) is 18.8 Å². The van der Waals surface area contributed by atoms with Crippen molar-refractivity contribution in [2.45, 2.75) is 38.6 Å². The van der Waals surface area contributed by atoms with E-state index in [0.717, 1.165) is 19.3 Å². The van der Waals surface area contributed by atoms with Crippen LogP contribution in [0.15, 0.2) is 4.99 Å². The molecule has 1 unspecified atom stereocenters. The van der Waals surface area contributed by atoms with Crippen molar-refractivity contribution >= 4 is 11.7 Å². The minimum atomic E-state index is 0.134. The summed E-state index contributed by atoms with van der Waals surface area (Å²) in [6.07, 6.45) is 3.39. The summed E-state index contributed by atoms with van der Waals surface area (Å²) < 4.78 is 0. The number of carbonyl (C=O) groups excluding carboxylic acids is 1. The molecule has 1 amide bonds. The molecule has 1 aliphatic rings. The average molecular weight is 183 g/mol. The second kappa shape index (κ2) is 4.84. The van der Waals surface area contributed by atoms with E-state index in [1.807, 2.05) is 0 Å². The van der Waals surface area contributed by atoms with Gasteiger partial charge in [0.2, 0.25) is 5.91 Å². The molecule has 4 heteroatoms. The molecule has 1 rings (SSSR count). The Kier molecular flexibility index (Phi) is 3.73. The molecule has 0 aliphatic carbocycles. The maximum atomic E-state index is 10.8. The summed E-state index contributed by atoms with van der Waals surface area (Å²) in [6, 6.07) is 0.211. The Morgan fingerprint density at radius 1 is 1.77 bits per heavy atom. The number of nitrogens with one attached hydrogen (secondary N) is 1. The molecule has 13 heavy (non-hydrogen) atoms. The monoisotopic (exact) mass is 183 g/mol. The fourth-order valence-electron chi connectivity index (χ4n) is 1.38. The van der Waals surface area contributed by atoms with Crippen molar-refractivity contribution in [3.8, 4) is 0 Å². The van der Waals surface area contributed by atoms with Crippen LogP contribution in [0.3, 0.4) is 0 Å². The van der Waals surface area contributed by atoms with E-state index >= 15 is 0 Å². The van der Waals surface area contributed by atoms with Gasteiger partial charge in [-0.25, -0.2) is 0 Å². The molecule has 1 heterocycles. The maximum Gasteiger partial charge on any atom is 0.220 e. The highest BCUT2D eigenvalue weighted by molar-refractivity contribution is 5.80. The maximum absolute atomic E-state index is 10.8. The Labute approximate surface area is 78.6 Å². The molecule has 0 bridgehead atoms. The number of rotatable bonds is 4. The highest BCUT2D eigenvalue weighted by Gasteiger charge is 2.19. The van der Waals surface area contributed by atoms with Crippen LogP contribution in [0.2, 0.25) is 0 Å². The average Bonchev–Trinajstić information content (AvgIpc) is 2.49. The van der Waals surface area contributed by atoms with Gasteiger partial charge in [0.25, 0.3) is 0 Å². The van der Waals surface area contributed by atoms with E-state index in [1.165, 1.54) is 0 Å². The number of hydrogen-bond acceptors (Lipinski definition) is 2. The van der Waals surface area contributed by atoms with Gasteiger partial charge in [-0.1, -0.05) is 6.92 Å². The zero-order valence-electron chi connectivity index (χ0n) is 8.05. The molecule has 1 fully saturated rings. The number of carbonyl (C=O) groups is 1. The summed E-state index contributed by atoms with van der Waals surface area (Å²) in [5, 5.41) is 2.85. The third-order valence-electron chi connectivity index (χ3n) is 2.11. The number of amidine groups is 1. The van der Waals surface area contributed by atoms with Crippen LogP contribution in [0, 0.1) is 0 Å². The zero-order valence-corrected chi connectivity index (χ0v) is 8.05. The van der Waals surface area contributed by atoms with Crippen LogP contribution in [0.5, 0.6) is 0 Å². The fourth-order valence-corrected chi connectivity index (χ4v) is 1.38. The minimum Gasteiger partial charge on any atom is -0.387 e. The number of nitrogens with zero attached hydrogens (tertiary/aromatic N) is 1. The summed E-state index contributed by atoms with van der Waals surface area (Å²) in [6.45, 7) is 2.71. The van der Waals surface area contributed by atoms with E-state index in [1.54, 1.807) is 0 Å². The number of nitrogens with two attached hydrogens (primary N) is 1. The van der Waals surface area contributed by atoms with Crippen LogP contribution in [0.25, 0.3) is 0 Å². The highest BCUT2D eigenvalue weighted by atomic mass is 16.1. The number of amides is 1. The lowest BCUT2D eigenvalue weighted by atomic mass is 10.2. The lowest BCUT2D eigenvalue weighted by molar-refractivity contribution is -0.119. The Morgan fingerprint density at radius 3 is 3.08 bits per heavy atom. The first-order chi connectivity index (χ1) is 6.22. The van der Waals surface area contributed by atoms with Gasteiger partial charge in [0, 0.05) is 18.9 Å². The molecule has 0 saturated carbocycles. The van der Waals surface area contributed by atoms with E-state index < -0.39 is 0 Å². The van der Waals surface area contributed by atoms with Crippen molar-refractivity contribution in [2.75, 3.05) is 6.54 Å². The van der Waals surface area contributed by atoms with Crippen molar-refractivity contribution in [3.05, 3.63) is 0 Å². The second-order valence-electron chi connectivity index (χ2n) is 3.39. The van der Waals surface area contributed by atoms with E-state index in [-0.39, 0.29) is 11.9 Å². The normalized spacial score (nSPS) is 23.3. The van der Waals surface area contributed by atoms with E-state index in [9.17, 15) is 4.79 Å². The van der Waals surface area contributed by atoms with E-state index in [2.05, 4.69) is 17.2 Å². The van der Waals surface area contributed by atoms with Gasteiger partial charge in [-0.2, -0.15) is 0 Å². The fraction of sp³-hybridized carbons (Fsp3) is 0.778. The quantitative estimate of drug-likeness (QED) is 0.490. The van der Waals surface area contributed by atoms with Gasteiger partial charge < -0.3 is 11.1 Å². The Hall–Kier alpha value is -1.06. The molecule has 74 valence electrons. The minimum absolute atomic E-state index is 0.134. The van der Waals surface area contributed by atoms with Crippen LogP contribution in [-0.4, -0.2) is 24.3 Å². The molecule has 0 spiro atoms. The first-order valence-electron chi connectivity index (χ1n) is 4.80. The predicted octanol–water partition coefficient (Wildman–Crippen LogP) is 0.422. The summed E-state index contributed by atoms with van der Waals surface area (Å²) in [5.74, 6) is 0.831. The molecular formula is C9H17N3O. The highest BCUT2D eigenvalue weighted by Crippen LogP contribution is 2.06. The molecule has 3 N–H and O–H groups in total. The number of aliphatic imine (C=N–C) groups is 1. The van der Waals surface area contributed by atoms with Gasteiger partial charge >= 0.3 is 0 Å². The first kappa shape index (κ1) is 10.0. The van der Waals surface area contributed by atoms with Crippen LogP contribution in [-0.2, 0) is 4.79 Å². The summed E-state index contributed by atoms with van der Waals surface area (Å²) >= 11 is 0. The summed E-state index contributed by atoms with van der Waals surface area (Å²) in [4.78, 5) is 15.0. The van der Waals surface area contributed by atoms with Crippen molar-refractivity contribution in [3.63, 3.8) is 0 Å². The molecule has 1 atom stereocenters. The molecule has 1 saturated heterocycles. The van der Waals surface area contributed by atoms with E-state index in [4.69, 9.17) is 5.73 Å². The van der Waals surface area contributed by atoms with Crippen molar-refractivity contribution < 1.29 is 4.79 Å². The lowest BCUT2D eigenvalue weighted by Gasteiger charge is -2.06. The first-order valence-corrected chi connectivity index (χ1v) is 4.80. The third-order valence-corrected chi connectivity index (χ3v) is 2.11. The zero-order chi connectivity index (χ0) is 9.68. The molecule has 0 aromatic carbocycles. The molecule has 1 aliphatic heterocycles. The molecule has 0 aromatic heterocycles. The van der Waals surface area contributed by atoms with Crippen LogP contribution >= 0.6 is 0 Å². The Balaban J connectivity index is 2.25. The van der Waals surface area contributed by atoms with Crippen molar-refractivity contribution in [2.24, 2.45) is 10.7 Å². The standard InChI is InChI=1S/C9H17N3O/c1-2-3-8(10)11-6-7-4-5-9(13)12-7/h7H,2-6H2,1H3,(H2,10,11)(H,12,13). The predicted molar refractivity (Wildman–Crippen MR) is 52.6 cm³/mol. The van der Waals surface area contributed by atoms with Crippen LogP contribution in [0.4, 0.5) is 0 Å². The third kappa shape index (κ3) is 3.44. The van der Waals surface area contributed by atoms with Crippen molar-refractivity contribution in [1.82, 2.24) is 5.32 Å². The van der Waals surface area contributed by atoms with Crippen LogP contribution < -0.4 is 11.1 Å². The molecular weight excluding hydrogens is 166 g/mol. The SMILES string of the molecule is CCCC(N)=NCC1CCC(=O)N1. The van der Waals surface area contributed by atoms with Crippen molar-refractivity contribution in [1.29, 1.82) is 0 Å². The summed E-state index contributed by atoms with van der Waals surface area (Å²) in [5.41, 5.74) is 5.63. The van der Waals surface area contributed by atoms with Gasteiger partial charge in [0.05, 0.1) is 12.4 Å². The largest absolute Gasteiger partial charge is 0.387 e. The van der Waals surface area contributed by atoms with Gasteiger partial charge in [0.1, 0.15) is 0 Å². The van der Waals surface area contributed by atoms with Gasteiger partial charge in [-0.15, -0.1) is 0 Å². The molecule has 0 aromatic rings. The number of hydrogen-bond donors (Lipinski definition) is 2. The second-order valence-corrected chi connectivity index (χ2v) is 3.39. The molecule has 0 radical (unpaired) electrons. The Morgan fingerprint density at radius 2 is 2.54 bits per heavy atom. The van der Waals surface area contributed by atoms with Gasteiger partial charge in [-0.05, 0) is 12.8 Å². The van der Waals surface area contributed by atoms with Crippen LogP contribution in [0.1, 0.15) is 32.6 Å². The topological polar surface area (TPSA) is 67.5 Å². The van der Waals surface area contributed by atoms with Gasteiger partial charge in [0.15, 0.2) is 0 Å².